The molecule has 34 heavy (non-hydrogen) atoms. The zero-order valence-corrected chi connectivity index (χ0v) is 18.8. The molecule has 3 aromatic rings. The molecule has 0 unspecified atom stereocenters. The average molecular weight is 489 g/mol. The van der Waals surface area contributed by atoms with Crippen molar-refractivity contribution in [1.82, 2.24) is 10.6 Å². The summed E-state index contributed by atoms with van der Waals surface area (Å²) in [6.07, 6.45) is 0. The Morgan fingerprint density at radius 1 is 1.18 bits per heavy atom. The Bertz CT molecular complexity index is 1310. The molecular weight excluding hydrogens is 468 g/mol. The van der Waals surface area contributed by atoms with Gasteiger partial charge in [0.15, 0.2) is 18.1 Å². The Hall–Kier alpha value is -3.76. The summed E-state index contributed by atoms with van der Waals surface area (Å²) in [5.41, 5.74) is 0.943. The fourth-order valence-corrected chi connectivity index (χ4v) is 3.49. The zero-order valence-electron chi connectivity index (χ0n) is 18.1. The van der Waals surface area contributed by atoms with Gasteiger partial charge in [-0.05, 0) is 42.3 Å². The van der Waals surface area contributed by atoms with Crippen LogP contribution in [0.2, 0.25) is 5.02 Å². The Balaban J connectivity index is 1.31. The number of aliphatic hydroxyl groups is 1. The van der Waals surface area contributed by atoms with Gasteiger partial charge in [0, 0.05) is 18.0 Å². The molecule has 1 aromatic heterocycles. The van der Waals surface area contributed by atoms with Crippen molar-refractivity contribution in [2.75, 3.05) is 20.0 Å². The van der Waals surface area contributed by atoms with Crippen LogP contribution in [0.4, 0.5) is 0 Å². The third-order valence-electron chi connectivity index (χ3n) is 5.18. The van der Waals surface area contributed by atoms with Crippen LogP contribution in [0.5, 0.6) is 17.2 Å². The Labute approximate surface area is 198 Å². The molecule has 2 aromatic carbocycles. The van der Waals surface area contributed by atoms with E-state index in [4.69, 9.17) is 30.2 Å². The van der Waals surface area contributed by atoms with E-state index in [0.717, 1.165) is 5.56 Å². The van der Waals surface area contributed by atoms with Crippen LogP contribution in [0.25, 0.3) is 11.0 Å². The number of nitrogens with one attached hydrogen (secondary N) is 2. The Morgan fingerprint density at radius 3 is 2.76 bits per heavy atom. The Kier molecular flexibility index (Phi) is 6.90. The number of ether oxygens (including phenoxy) is 3. The Morgan fingerprint density at radius 2 is 1.97 bits per heavy atom. The van der Waals surface area contributed by atoms with Gasteiger partial charge in [-0.3, -0.25) is 9.59 Å². The van der Waals surface area contributed by atoms with Gasteiger partial charge in [0.25, 0.3) is 5.91 Å². The molecule has 0 radical (unpaired) electrons. The standard InChI is InChI=1S/C23H21ClN2O8/c1-12-15-4-3-14(7-18(15)34-23(30)21(12)24)31-10-20(28)26-16(9-27)22(29)25-8-13-2-5-17-19(6-13)33-11-32-17/h2-7,16,27H,8-11H2,1H3,(H,25,29)(H,26,28)/t16-/m0/s1. The molecule has 0 saturated carbocycles. The van der Waals surface area contributed by atoms with E-state index in [1.165, 1.54) is 6.07 Å². The van der Waals surface area contributed by atoms with Gasteiger partial charge in [-0.15, -0.1) is 0 Å². The van der Waals surface area contributed by atoms with Gasteiger partial charge < -0.3 is 34.4 Å². The minimum absolute atomic E-state index is 0.00684. The van der Waals surface area contributed by atoms with Crippen molar-refractivity contribution in [2.45, 2.75) is 19.5 Å². The summed E-state index contributed by atoms with van der Waals surface area (Å²) in [6, 6.07) is 8.81. The molecule has 1 atom stereocenters. The van der Waals surface area contributed by atoms with Gasteiger partial charge in [0.2, 0.25) is 12.7 Å². The number of amides is 2. The van der Waals surface area contributed by atoms with E-state index >= 15 is 0 Å². The van der Waals surface area contributed by atoms with Gasteiger partial charge in [-0.1, -0.05) is 17.7 Å². The van der Waals surface area contributed by atoms with Gasteiger partial charge in [-0.2, -0.15) is 0 Å². The number of carbonyl (C=O) groups is 2. The highest BCUT2D eigenvalue weighted by molar-refractivity contribution is 6.31. The second kappa shape index (κ2) is 10.0. The summed E-state index contributed by atoms with van der Waals surface area (Å²) in [5.74, 6) is 0.310. The summed E-state index contributed by atoms with van der Waals surface area (Å²) >= 11 is 5.91. The number of fused-ring (bicyclic) bond motifs is 2. The van der Waals surface area contributed by atoms with Crippen molar-refractivity contribution in [3.8, 4) is 17.2 Å². The number of hydrogen-bond acceptors (Lipinski definition) is 8. The molecule has 2 amide bonds. The van der Waals surface area contributed by atoms with Crippen LogP contribution in [-0.2, 0) is 16.1 Å². The maximum absolute atomic E-state index is 12.4. The minimum Gasteiger partial charge on any atom is -0.484 e. The normalized spacial score (nSPS) is 12.9. The molecule has 0 aliphatic carbocycles. The molecule has 178 valence electrons. The highest BCUT2D eigenvalue weighted by Gasteiger charge is 2.21. The molecule has 0 saturated heterocycles. The predicted octanol–water partition coefficient (Wildman–Crippen LogP) is 1.66. The summed E-state index contributed by atoms with van der Waals surface area (Å²) in [6.45, 7) is 0.994. The third kappa shape index (κ3) is 5.08. The third-order valence-corrected chi connectivity index (χ3v) is 5.61. The minimum atomic E-state index is -1.16. The van der Waals surface area contributed by atoms with Crippen LogP contribution in [0.3, 0.4) is 0 Å². The second-order valence-corrected chi connectivity index (χ2v) is 7.86. The average Bonchev–Trinajstić information content (AvgIpc) is 3.31. The zero-order chi connectivity index (χ0) is 24.2. The lowest BCUT2D eigenvalue weighted by molar-refractivity contribution is -0.131. The monoisotopic (exact) mass is 488 g/mol. The first-order chi connectivity index (χ1) is 16.4. The lowest BCUT2D eigenvalue weighted by Gasteiger charge is -2.16. The number of halogens is 1. The summed E-state index contributed by atoms with van der Waals surface area (Å²) in [4.78, 5) is 36.4. The number of aliphatic hydroxyl groups excluding tert-OH is 1. The van der Waals surface area contributed by atoms with Crippen LogP contribution < -0.4 is 30.5 Å². The molecule has 0 fully saturated rings. The molecule has 11 heteroatoms. The van der Waals surface area contributed by atoms with Crippen molar-refractivity contribution in [3.63, 3.8) is 0 Å². The van der Waals surface area contributed by atoms with Crippen molar-refractivity contribution in [2.24, 2.45) is 0 Å². The van der Waals surface area contributed by atoms with E-state index in [9.17, 15) is 19.5 Å². The molecule has 4 rings (SSSR count). The molecule has 0 bridgehead atoms. The quantitative estimate of drug-likeness (QED) is 0.407. The first kappa shape index (κ1) is 23.4. The highest BCUT2D eigenvalue weighted by Crippen LogP contribution is 2.32. The first-order valence-electron chi connectivity index (χ1n) is 10.3. The number of carbonyl (C=O) groups excluding carboxylic acids is 2. The summed E-state index contributed by atoms with van der Waals surface area (Å²) < 4.78 is 21.1. The molecule has 2 heterocycles. The van der Waals surface area contributed by atoms with Crippen LogP contribution in [-0.4, -0.2) is 43.0 Å². The van der Waals surface area contributed by atoms with Gasteiger partial charge in [0.05, 0.1) is 6.61 Å². The first-order valence-corrected chi connectivity index (χ1v) is 10.7. The molecule has 0 spiro atoms. The fraction of sp³-hybridized carbons (Fsp3) is 0.261. The van der Waals surface area contributed by atoms with Crippen LogP contribution in [0, 0.1) is 6.92 Å². The van der Waals surface area contributed by atoms with E-state index < -0.39 is 36.7 Å². The van der Waals surface area contributed by atoms with Crippen molar-refractivity contribution in [1.29, 1.82) is 0 Å². The smallest absolute Gasteiger partial charge is 0.355 e. The van der Waals surface area contributed by atoms with E-state index in [1.54, 1.807) is 37.3 Å². The van der Waals surface area contributed by atoms with Gasteiger partial charge >= 0.3 is 5.63 Å². The number of hydrogen-bond donors (Lipinski definition) is 3. The predicted molar refractivity (Wildman–Crippen MR) is 121 cm³/mol. The van der Waals surface area contributed by atoms with E-state index in [-0.39, 0.29) is 29.7 Å². The topological polar surface area (TPSA) is 136 Å². The fourth-order valence-electron chi connectivity index (χ4n) is 3.34. The van der Waals surface area contributed by atoms with E-state index in [1.807, 2.05) is 0 Å². The van der Waals surface area contributed by atoms with E-state index in [0.29, 0.717) is 22.4 Å². The number of benzene rings is 2. The van der Waals surface area contributed by atoms with Gasteiger partial charge in [-0.25, -0.2) is 4.79 Å². The largest absolute Gasteiger partial charge is 0.484 e. The number of aryl methyl sites for hydroxylation is 1. The lowest BCUT2D eigenvalue weighted by Crippen LogP contribution is -2.49. The molecule has 1 aliphatic rings. The van der Waals surface area contributed by atoms with Crippen molar-refractivity contribution in [3.05, 3.63) is 63.0 Å². The van der Waals surface area contributed by atoms with Crippen LogP contribution in [0.1, 0.15) is 11.1 Å². The second-order valence-electron chi connectivity index (χ2n) is 7.48. The molecular formula is C23H21ClN2O8. The van der Waals surface area contributed by atoms with Crippen molar-refractivity contribution < 1.29 is 33.3 Å². The summed E-state index contributed by atoms with van der Waals surface area (Å²) in [7, 11) is 0. The lowest BCUT2D eigenvalue weighted by atomic mass is 10.1. The van der Waals surface area contributed by atoms with E-state index in [2.05, 4.69) is 10.6 Å². The maximum atomic E-state index is 12.4. The molecule has 10 nitrogen and oxygen atoms in total. The molecule has 1 aliphatic heterocycles. The molecule has 3 N–H and O–H groups in total. The SMILES string of the molecule is Cc1c(Cl)c(=O)oc2cc(OCC(=O)N[C@@H](CO)C(=O)NCc3ccc4c(c3)OCO4)ccc12. The highest BCUT2D eigenvalue weighted by atomic mass is 35.5. The van der Waals surface area contributed by atoms with Crippen LogP contribution in [0.15, 0.2) is 45.6 Å². The van der Waals surface area contributed by atoms with Gasteiger partial charge in [0.1, 0.15) is 22.4 Å². The van der Waals surface area contributed by atoms with Crippen molar-refractivity contribution >= 4 is 34.4 Å². The summed E-state index contributed by atoms with van der Waals surface area (Å²) in [5, 5.41) is 15.3. The maximum Gasteiger partial charge on any atom is 0.355 e. The van der Waals surface area contributed by atoms with Crippen LogP contribution >= 0.6 is 11.6 Å². The number of rotatable bonds is 8.